The summed E-state index contributed by atoms with van der Waals surface area (Å²) in [7, 11) is 0.500. The number of hydrogen-bond donors (Lipinski definition) is 1. The lowest BCUT2D eigenvalue weighted by Gasteiger charge is -2.31. The molecule has 2 aromatic carbocycles. The number of phenols is 1. The number of rotatable bonds is 3. The van der Waals surface area contributed by atoms with Crippen molar-refractivity contribution in [3.05, 3.63) is 47.5 Å². The summed E-state index contributed by atoms with van der Waals surface area (Å²) in [5.41, 5.74) is 3.62. The van der Waals surface area contributed by atoms with E-state index in [0.717, 1.165) is 24.0 Å². The van der Waals surface area contributed by atoms with E-state index in [2.05, 4.69) is 30.0 Å². The van der Waals surface area contributed by atoms with Crippen LogP contribution in [0.2, 0.25) is 0 Å². The molecule has 1 saturated heterocycles. The van der Waals surface area contributed by atoms with Gasteiger partial charge in [0.1, 0.15) is 5.75 Å². The molecule has 0 bridgehead atoms. The number of benzene rings is 2. The number of anilines is 1. The van der Waals surface area contributed by atoms with Crippen molar-refractivity contribution in [3.63, 3.8) is 0 Å². The van der Waals surface area contributed by atoms with Gasteiger partial charge in [0.15, 0.2) is 0 Å². The molecule has 0 radical (unpaired) electrons. The van der Waals surface area contributed by atoms with Crippen molar-refractivity contribution < 1.29 is 5.11 Å². The van der Waals surface area contributed by atoms with Gasteiger partial charge in [-0.2, -0.15) is 0 Å². The standard InChI is InChI=1S/C19H24NOP/c1-14-9-10-17(16(13-14)20-11-4-3-5-12-20)22-18-8-6-7-15(2)19(18)21/h6-10,13,21-22H,3-5,11-12H2,1-2H3. The number of aryl methyl sites for hydroxylation is 2. The monoisotopic (exact) mass is 313 g/mol. The summed E-state index contributed by atoms with van der Waals surface area (Å²) in [4.78, 5) is 2.52. The van der Waals surface area contributed by atoms with E-state index in [-0.39, 0.29) is 0 Å². The fourth-order valence-corrected chi connectivity index (χ4v) is 4.36. The molecular weight excluding hydrogens is 289 g/mol. The van der Waals surface area contributed by atoms with Crippen molar-refractivity contribution in [3.8, 4) is 5.75 Å². The molecule has 0 spiro atoms. The Bertz CT molecular complexity index is 662. The van der Waals surface area contributed by atoms with E-state index in [1.165, 1.54) is 35.8 Å². The van der Waals surface area contributed by atoms with Crippen LogP contribution in [0.1, 0.15) is 30.4 Å². The molecule has 1 N–H and O–H groups in total. The lowest BCUT2D eigenvalue weighted by molar-refractivity contribution is 0.475. The van der Waals surface area contributed by atoms with Crippen LogP contribution >= 0.6 is 8.58 Å². The first-order chi connectivity index (χ1) is 10.6. The van der Waals surface area contributed by atoms with E-state index in [0.29, 0.717) is 14.3 Å². The molecule has 1 aliphatic rings. The van der Waals surface area contributed by atoms with Gasteiger partial charge in [0, 0.05) is 29.4 Å². The van der Waals surface area contributed by atoms with E-state index in [1.807, 2.05) is 25.1 Å². The molecule has 116 valence electrons. The van der Waals surface area contributed by atoms with Crippen molar-refractivity contribution in [2.24, 2.45) is 0 Å². The molecule has 1 unspecified atom stereocenters. The molecule has 1 heterocycles. The average molecular weight is 313 g/mol. The second-order valence-electron chi connectivity index (χ2n) is 6.16. The maximum atomic E-state index is 10.3. The summed E-state index contributed by atoms with van der Waals surface area (Å²) in [6, 6.07) is 12.8. The van der Waals surface area contributed by atoms with Gasteiger partial charge in [0.2, 0.25) is 0 Å². The van der Waals surface area contributed by atoms with Crippen LogP contribution < -0.4 is 15.5 Å². The van der Waals surface area contributed by atoms with Crippen LogP contribution in [0.5, 0.6) is 5.75 Å². The molecule has 0 saturated carbocycles. The number of phenolic OH excluding ortho intramolecular Hbond substituents is 1. The minimum absolute atomic E-state index is 0.450. The number of aromatic hydroxyl groups is 1. The van der Waals surface area contributed by atoms with Gasteiger partial charge in [-0.1, -0.05) is 38.9 Å². The maximum Gasteiger partial charge on any atom is 0.126 e. The Labute approximate surface area is 135 Å². The van der Waals surface area contributed by atoms with E-state index in [4.69, 9.17) is 0 Å². The van der Waals surface area contributed by atoms with Crippen LogP contribution in [0.4, 0.5) is 5.69 Å². The number of piperidine rings is 1. The molecule has 1 fully saturated rings. The molecule has 0 aliphatic carbocycles. The molecule has 0 amide bonds. The molecule has 2 nitrogen and oxygen atoms in total. The average Bonchev–Trinajstić information content (AvgIpc) is 2.54. The summed E-state index contributed by atoms with van der Waals surface area (Å²) >= 11 is 0. The van der Waals surface area contributed by atoms with Gasteiger partial charge in [0.05, 0.1) is 0 Å². The Hall–Kier alpha value is -1.53. The first-order valence-electron chi connectivity index (χ1n) is 8.06. The van der Waals surface area contributed by atoms with Crippen LogP contribution in [0.25, 0.3) is 0 Å². The van der Waals surface area contributed by atoms with Crippen LogP contribution in [-0.2, 0) is 0 Å². The fraction of sp³-hybridized carbons (Fsp3) is 0.368. The summed E-state index contributed by atoms with van der Waals surface area (Å²) < 4.78 is 0. The lowest BCUT2D eigenvalue weighted by Crippen LogP contribution is -2.32. The van der Waals surface area contributed by atoms with E-state index in [9.17, 15) is 5.11 Å². The highest BCUT2D eigenvalue weighted by molar-refractivity contribution is 7.56. The van der Waals surface area contributed by atoms with Crippen molar-refractivity contribution >= 4 is 24.9 Å². The Morgan fingerprint density at radius 3 is 2.50 bits per heavy atom. The SMILES string of the molecule is Cc1ccc(Pc2cccc(C)c2O)c(N2CCCCC2)c1. The van der Waals surface area contributed by atoms with Gasteiger partial charge < -0.3 is 10.0 Å². The van der Waals surface area contributed by atoms with Crippen molar-refractivity contribution in [1.82, 2.24) is 0 Å². The van der Waals surface area contributed by atoms with Gasteiger partial charge in [-0.3, -0.25) is 0 Å². The van der Waals surface area contributed by atoms with E-state index >= 15 is 0 Å². The predicted octanol–water partition coefficient (Wildman–Crippen LogP) is 3.63. The smallest absolute Gasteiger partial charge is 0.126 e. The highest BCUT2D eigenvalue weighted by Crippen LogP contribution is 2.28. The third-order valence-corrected chi connectivity index (χ3v) is 5.72. The maximum absolute atomic E-state index is 10.3. The minimum atomic E-state index is 0.450. The van der Waals surface area contributed by atoms with Crippen LogP contribution in [0.15, 0.2) is 36.4 Å². The summed E-state index contributed by atoms with van der Waals surface area (Å²) in [5.74, 6) is 0.450. The Kier molecular flexibility index (Phi) is 4.69. The second kappa shape index (κ2) is 6.71. The second-order valence-corrected chi connectivity index (χ2v) is 7.49. The summed E-state index contributed by atoms with van der Waals surface area (Å²) in [5, 5.41) is 12.7. The van der Waals surface area contributed by atoms with Crippen LogP contribution in [0, 0.1) is 13.8 Å². The third kappa shape index (κ3) is 3.28. The minimum Gasteiger partial charge on any atom is -0.507 e. The Morgan fingerprint density at radius 1 is 0.955 bits per heavy atom. The van der Waals surface area contributed by atoms with Gasteiger partial charge in [-0.15, -0.1) is 0 Å². The normalized spacial score (nSPS) is 15.6. The molecule has 2 aromatic rings. The van der Waals surface area contributed by atoms with Crippen LogP contribution in [0.3, 0.4) is 0 Å². The van der Waals surface area contributed by atoms with Gasteiger partial charge in [-0.05, 0) is 50.3 Å². The zero-order valence-corrected chi connectivity index (χ0v) is 14.4. The van der Waals surface area contributed by atoms with E-state index in [1.54, 1.807) is 0 Å². The number of nitrogens with zero attached hydrogens (tertiary/aromatic N) is 1. The molecule has 3 heteroatoms. The van der Waals surface area contributed by atoms with Crippen molar-refractivity contribution in [2.45, 2.75) is 33.1 Å². The number of hydrogen-bond acceptors (Lipinski definition) is 2. The highest BCUT2D eigenvalue weighted by Gasteiger charge is 2.16. The Morgan fingerprint density at radius 2 is 1.73 bits per heavy atom. The molecule has 0 aromatic heterocycles. The van der Waals surface area contributed by atoms with E-state index < -0.39 is 0 Å². The Balaban J connectivity index is 1.94. The molecule has 1 atom stereocenters. The zero-order chi connectivity index (χ0) is 15.5. The number of para-hydroxylation sites is 1. The lowest BCUT2D eigenvalue weighted by atomic mass is 10.1. The topological polar surface area (TPSA) is 23.5 Å². The third-order valence-electron chi connectivity index (χ3n) is 4.36. The fourth-order valence-electron chi connectivity index (χ4n) is 3.05. The summed E-state index contributed by atoms with van der Waals surface area (Å²) in [6.45, 7) is 6.43. The predicted molar refractivity (Wildman–Crippen MR) is 97.7 cm³/mol. The summed E-state index contributed by atoms with van der Waals surface area (Å²) in [6.07, 6.45) is 3.91. The molecule has 3 rings (SSSR count). The molecule has 22 heavy (non-hydrogen) atoms. The first-order valence-corrected chi connectivity index (χ1v) is 9.06. The molecular formula is C19H24NOP. The highest BCUT2D eigenvalue weighted by atomic mass is 31.1. The quantitative estimate of drug-likeness (QED) is 0.875. The van der Waals surface area contributed by atoms with Gasteiger partial charge >= 0.3 is 0 Å². The first kappa shape index (κ1) is 15.4. The molecule has 1 aliphatic heterocycles. The van der Waals surface area contributed by atoms with Gasteiger partial charge in [0.25, 0.3) is 0 Å². The zero-order valence-electron chi connectivity index (χ0n) is 13.4. The van der Waals surface area contributed by atoms with Crippen molar-refractivity contribution in [1.29, 1.82) is 0 Å². The van der Waals surface area contributed by atoms with Crippen LogP contribution in [-0.4, -0.2) is 18.2 Å². The van der Waals surface area contributed by atoms with Gasteiger partial charge in [-0.25, -0.2) is 0 Å². The largest absolute Gasteiger partial charge is 0.507 e. The van der Waals surface area contributed by atoms with Crippen molar-refractivity contribution in [2.75, 3.05) is 18.0 Å².